The first kappa shape index (κ1) is 24.2. The molecule has 0 saturated carbocycles. The van der Waals surface area contributed by atoms with Crippen LogP contribution in [0.1, 0.15) is 40.0 Å². The van der Waals surface area contributed by atoms with Crippen LogP contribution in [0.5, 0.6) is 0 Å². The first-order valence-corrected chi connectivity index (χ1v) is 8.93. The van der Waals surface area contributed by atoms with E-state index in [-0.39, 0.29) is 36.2 Å². The van der Waals surface area contributed by atoms with Crippen molar-refractivity contribution in [3.05, 3.63) is 0 Å². The molecule has 0 bridgehead atoms. The Balaban J connectivity index is 0.00000576. The third-order valence-corrected chi connectivity index (χ3v) is 4.34. The van der Waals surface area contributed by atoms with Crippen molar-refractivity contribution in [3.8, 4) is 0 Å². The fourth-order valence-electron chi connectivity index (χ4n) is 2.88. The zero-order chi connectivity index (χ0) is 17.9. The number of hydrogen-bond acceptors (Lipinski definition) is 4. The van der Waals surface area contributed by atoms with E-state index < -0.39 is 0 Å². The molecule has 0 aromatic rings. The molecule has 1 aliphatic heterocycles. The molecule has 0 spiro atoms. The lowest BCUT2D eigenvalue weighted by atomic mass is 10.0. The molecule has 8 heteroatoms. The number of nitrogens with one attached hydrogen (secondary N) is 2. The van der Waals surface area contributed by atoms with Crippen LogP contribution in [0, 0.1) is 5.92 Å². The molecule has 7 nitrogen and oxygen atoms in total. The molecule has 1 saturated heterocycles. The van der Waals surface area contributed by atoms with Crippen LogP contribution in [0.4, 0.5) is 4.79 Å². The van der Waals surface area contributed by atoms with Crippen LogP contribution in [-0.2, 0) is 9.47 Å². The van der Waals surface area contributed by atoms with E-state index >= 15 is 0 Å². The summed E-state index contributed by atoms with van der Waals surface area (Å²) < 4.78 is 10.5. The average Bonchev–Trinajstić information content (AvgIpc) is 2.59. The molecule has 1 aliphatic rings. The summed E-state index contributed by atoms with van der Waals surface area (Å²) in [5, 5.41) is 6.80. The van der Waals surface area contributed by atoms with Crippen molar-refractivity contribution < 1.29 is 14.3 Å². The predicted octanol–water partition coefficient (Wildman–Crippen LogP) is 2.45. The van der Waals surface area contributed by atoms with Crippen molar-refractivity contribution in [2.45, 2.75) is 52.2 Å². The Morgan fingerprint density at radius 2 is 1.96 bits per heavy atom. The monoisotopic (exact) mass is 470 g/mol. The first-order chi connectivity index (χ1) is 11.5. The second-order valence-corrected chi connectivity index (χ2v) is 6.40. The van der Waals surface area contributed by atoms with Gasteiger partial charge in [-0.15, -0.1) is 24.0 Å². The number of carbonyl (C=O) groups is 1. The SMILES string of the molecule is CCOC(CCNC(=NC)NC1CCN(C(=O)OC)CC1)C(C)C.I. The second kappa shape index (κ2) is 13.4. The molecule has 0 aromatic carbocycles. The number of carbonyl (C=O) groups excluding carboxylic acids is 1. The van der Waals surface area contributed by atoms with Crippen molar-refractivity contribution in [1.82, 2.24) is 15.5 Å². The minimum atomic E-state index is -0.244. The Bertz CT molecular complexity index is 399. The number of halogens is 1. The maximum atomic E-state index is 11.5. The molecule has 0 radical (unpaired) electrons. The molecule has 0 aliphatic carbocycles. The number of ether oxygens (including phenoxy) is 2. The maximum absolute atomic E-state index is 11.5. The summed E-state index contributed by atoms with van der Waals surface area (Å²) in [5.74, 6) is 1.31. The van der Waals surface area contributed by atoms with Gasteiger partial charge in [0.2, 0.25) is 0 Å². The normalized spacial score (nSPS) is 17.0. The third-order valence-electron chi connectivity index (χ3n) is 4.34. The molecular formula is C17H35IN4O3. The topological polar surface area (TPSA) is 75.2 Å². The highest BCUT2D eigenvalue weighted by Gasteiger charge is 2.23. The van der Waals surface area contributed by atoms with E-state index in [9.17, 15) is 4.79 Å². The average molecular weight is 470 g/mol. The van der Waals surface area contributed by atoms with Gasteiger partial charge < -0.3 is 25.0 Å². The van der Waals surface area contributed by atoms with Crippen molar-refractivity contribution in [2.75, 3.05) is 40.4 Å². The van der Waals surface area contributed by atoms with Gasteiger partial charge in [-0.3, -0.25) is 4.99 Å². The Morgan fingerprint density at radius 3 is 2.44 bits per heavy atom. The molecule has 0 aromatic heterocycles. The fourth-order valence-corrected chi connectivity index (χ4v) is 2.88. The summed E-state index contributed by atoms with van der Waals surface area (Å²) in [6.07, 6.45) is 2.76. The summed E-state index contributed by atoms with van der Waals surface area (Å²) in [6, 6.07) is 0.324. The minimum Gasteiger partial charge on any atom is -0.453 e. The van der Waals surface area contributed by atoms with Gasteiger partial charge in [-0.05, 0) is 32.1 Å². The number of amides is 1. The Morgan fingerprint density at radius 1 is 1.32 bits per heavy atom. The largest absolute Gasteiger partial charge is 0.453 e. The molecule has 1 rings (SSSR count). The molecule has 25 heavy (non-hydrogen) atoms. The molecular weight excluding hydrogens is 435 g/mol. The molecule has 1 atom stereocenters. The van der Waals surface area contributed by atoms with Gasteiger partial charge in [0.05, 0.1) is 13.2 Å². The van der Waals surface area contributed by atoms with E-state index in [1.54, 1.807) is 11.9 Å². The molecule has 1 heterocycles. The summed E-state index contributed by atoms with van der Waals surface area (Å²) in [5.41, 5.74) is 0. The van der Waals surface area contributed by atoms with Gasteiger partial charge in [0.15, 0.2) is 5.96 Å². The number of nitrogens with zero attached hydrogens (tertiary/aromatic N) is 2. The lowest BCUT2D eigenvalue weighted by molar-refractivity contribution is 0.0258. The summed E-state index contributed by atoms with van der Waals surface area (Å²) in [4.78, 5) is 17.5. The van der Waals surface area contributed by atoms with E-state index in [4.69, 9.17) is 9.47 Å². The standard InChI is InChI=1S/C17H34N4O3.HI/c1-6-24-15(13(2)3)7-10-19-16(18-4)20-14-8-11-21(12-9-14)17(22)23-5;/h13-15H,6-12H2,1-5H3,(H2,18,19,20);1H. The van der Waals surface area contributed by atoms with Gasteiger partial charge in [0.25, 0.3) is 0 Å². The quantitative estimate of drug-likeness (QED) is 0.340. The number of piperidine rings is 1. The van der Waals surface area contributed by atoms with Crippen molar-refractivity contribution in [3.63, 3.8) is 0 Å². The van der Waals surface area contributed by atoms with Gasteiger partial charge in [-0.2, -0.15) is 0 Å². The second-order valence-electron chi connectivity index (χ2n) is 6.40. The molecule has 1 fully saturated rings. The van der Waals surface area contributed by atoms with Crippen LogP contribution >= 0.6 is 24.0 Å². The number of methoxy groups -OCH3 is 1. The highest BCUT2D eigenvalue weighted by molar-refractivity contribution is 14.0. The number of aliphatic imine (C=N–C) groups is 1. The van der Waals surface area contributed by atoms with E-state index in [1.165, 1.54) is 7.11 Å². The van der Waals surface area contributed by atoms with Crippen LogP contribution < -0.4 is 10.6 Å². The number of likely N-dealkylation sites (tertiary alicyclic amines) is 1. The predicted molar refractivity (Wildman–Crippen MR) is 112 cm³/mol. The molecule has 148 valence electrons. The van der Waals surface area contributed by atoms with Crippen LogP contribution in [0.3, 0.4) is 0 Å². The van der Waals surface area contributed by atoms with Gasteiger partial charge in [0.1, 0.15) is 0 Å². The minimum absolute atomic E-state index is 0. The van der Waals surface area contributed by atoms with Gasteiger partial charge in [-0.25, -0.2) is 4.79 Å². The highest BCUT2D eigenvalue weighted by Crippen LogP contribution is 2.12. The Kier molecular flexibility index (Phi) is 13.0. The van der Waals surface area contributed by atoms with E-state index in [0.29, 0.717) is 25.0 Å². The van der Waals surface area contributed by atoms with E-state index in [0.717, 1.165) is 38.4 Å². The number of hydrogen-bond donors (Lipinski definition) is 2. The van der Waals surface area contributed by atoms with Crippen LogP contribution in [-0.4, -0.2) is 69.5 Å². The van der Waals surface area contributed by atoms with E-state index in [1.807, 2.05) is 6.92 Å². The Labute approximate surface area is 169 Å². The van der Waals surface area contributed by atoms with Gasteiger partial charge in [-0.1, -0.05) is 13.8 Å². The third kappa shape index (κ3) is 8.94. The fraction of sp³-hybridized carbons (Fsp3) is 0.882. The van der Waals surface area contributed by atoms with Crippen molar-refractivity contribution in [2.24, 2.45) is 10.9 Å². The Hall–Kier alpha value is -0.770. The lowest BCUT2D eigenvalue weighted by Gasteiger charge is -2.32. The zero-order valence-corrected chi connectivity index (χ0v) is 18.5. The summed E-state index contributed by atoms with van der Waals surface area (Å²) in [7, 11) is 3.20. The highest BCUT2D eigenvalue weighted by atomic mass is 127. The molecule has 2 N–H and O–H groups in total. The van der Waals surface area contributed by atoms with Crippen LogP contribution in [0.15, 0.2) is 4.99 Å². The summed E-state index contributed by atoms with van der Waals surface area (Å²) in [6.45, 7) is 9.38. The van der Waals surface area contributed by atoms with Crippen molar-refractivity contribution >= 4 is 36.0 Å². The summed E-state index contributed by atoms with van der Waals surface area (Å²) >= 11 is 0. The number of rotatable bonds is 7. The lowest BCUT2D eigenvalue weighted by Crippen LogP contribution is -2.50. The maximum Gasteiger partial charge on any atom is 0.409 e. The van der Waals surface area contributed by atoms with Crippen LogP contribution in [0.25, 0.3) is 0 Å². The van der Waals surface area contributed by atoms with Crippen LogP contribution in [0.2, 0.25) is 0 Å². The first-order valence-electron chi connectivity index (χ1n) is 8.93. The van der Waals surface area contributed by atoms with Gasteiger partial charge >= 0.3 is 6.09 Å². The number of guanidine groups is 1. The van der Waals surface area contributed by atoms with Gasteiger partial charge in [0, 0.05) is 39.3 Å². The zero-order valence-electron chi connectivity index (χ0n) is 16.2. The van der Waals surface area contributed by atoms with Crippen molar-refractivity contribution in [1.29, 1.82) is 0 Å². The molecule has 1 unspecified atom stereocenters. The smallest absolute Gasteiger partial charge is 0.409 e. The molecule has 1 amide bonds. The van der Waals surface area contributed by atoms with E-state index in [2.05, 4.69) is 29.5 Å².